The van der Waals surface area contributed by atoms with Crippen molar-refractivity contribution in [1.29, 1.82) is 0 Å². The molecule has 5 heterocycles. The van der Waals surface area contributed by atoms with E-state index in [9.17, 15) is 18.7 Å². The van der Waals surface area contributed by atoms with E-state index in [1.165, 1.54) is 24.5 Å². The topological polar surface area (TPSA) is 109 Å². The third kappa shape index (κ3) is 5.04. The van der Waals surface area contributed by atoms with Crippen molar-refractivity contribution in [3.05, 3.63) is 86.6 Å². The van der Waals surface area contributed by atoms with Crippen LogP contribution < -0.4 is 15.8 Å². The number of aliphatic hydroxyl groups is 1. The summed E-state index contributed by atoms with van der Waals surface area (Å²) in [6, 6.07) is 3.72. The lowest BCUT2D eigenvalue weighted by atomic mass is 9.98. The predicted octanol–water partition coefficient (Wildman–Crippen LogP) is 3.96. The van der Waals surface area contributed by atoms with E-state index in [2.05, 4.69) is 25.3 Å². The minimum absolute atomic E-state index is 0.0470. The molecule has 4 aromatic heterocycles. The molecule has 0 atom stereocenters. The van der Waals surface area contributed by atoms with Gasteiger partial charge in [-0.05, 0) is 38.5 Å². The van der Waals surface area contributed by atoms with E-state index in [-0.39, 0.29) is 40.0 Å². The summed E-state index contributed by atoms with van der Waals surface area (Å²) in [5.41, 5.74) is -0.661. The fraction of sp³-hybridized carbons (Fsp3) is 0.269. The zero-order valence-electron chi connectivity index (χ0n) is 21.1. The second-order valence-electron chi connectivity index (χ2n) is 9.64. The Labute approximate surface area is 226 Å². The lowest BCUT2D eigenvalue weighted by molar-refractivity contribution is 0.0300. The van der Waals surface area contributed by atoms with Gasteiger partial charge in [0.1, 0.15) is 22.4 Å². The molecule has 0 spiro atoms. The minimum Gasteiger partial charge on any atom is -0.386 e. The number of aromatic nitrogens is 5. The lowest BCUT2D eigenvalue weighted by Gasteiger charge is -2.44. The quantitative estimate of drug-likeness (QED) is 0.367. The van der Waals surface area contributed by atoms with Crippen molar-refractivity contribution in [2.24, 2.45) is 0 Å². The highest BCUT2D eigenvalue weighted by atomic mass is 35.5. The summed E-state index contributed by atoms with van der Waals surface area (Å²) in [6.45, 7) is 5.41. The molecule has 13 heteroatoms. The molecule has 1 aliphatic rings. The van der Waals surface area contributed by atoms with Crippen LogP contribution >= 0.6 is 11.6 Å². The number of aryl methyl sites for hydroxylation is 2. The standard InChI is InChI=1S/C26H23ClF3N7O2/c1-13-8-34-22(17-4-5-31-25(35-17)36-11-26(3,39)12-36)21(30)23(13)37-14(2)6-18(20(27)24(37)38)33-10-19-16(29)7-15(28)9-32-19/h4-9,33,39H,10-12H2,1-3H3. The van der Waals surface area contributed by atoms with Gasteiger partial charge in [0.25, 0.3) is 5.56 Å². The van der Waals surface area contributed by atoms with Gasteiger partial charge in [0.15, 0.2) is 5.82 Å². The summed E-state index contributed by atoms with van der Waals surface area (Å²) >= 11 is 6.36. The number of nitrogens with zero attached hydrogens (tertiary/aromatic N) is 6. The maximum Gasteiger partial charge on any atom is 0.276 e. The van der Waals surface area contributed by atoms with E-state index < -0.39 is 28.6 Å². The van der Waals surface area contributed by atoms with Crippen molar-refractivity contribution in [2.45, 2.75) is 32.9 Å². The van der Waals surface area contributed by atoms with E-state index >= 15 is 4.39 Å². The molecule has 5 rings (SSSR count). The molecule has 4 aromatic rings. The molecule has 1 saturated heterocycles. The zero-order chi connectivity index (χ0) is 28.1. The molecule has 0 aliphatic carbocycles. The maximum atomic E-state index is 16.0. The lowest BCUT2D eigenvalue weighted by Crippen LogP contribution is -2.60. The average molecular weight is 558 g/mol. The van der Waals surface area contributed by atoms with Gasteiger partial charge in [-0.15, -0.1) is 0 Å². The van der Waals surface area contributed by atoms with Crippen molar-refractivity contribution >= 4 is 23.2 Å². The highest BCUT2D eigenvalue weighted by Crippen LogP contribution is 2.30. The number of anilines is 2. The Kier molecular flexibility index (Phi) is 6.77. The first kappa shape index (κ1) is 26.6. The van der Waals surface area contributed by atoms with Gasteiger partial charge in [-0.3, -0.25) is 19.3 Å². The highest BCUT2D eigenvalue weighted by molar-refractivity contribution is 6.33. The van der Waals surface area contributed by atoms with Gasteiger partial charge in [-0.25, -0.2) is 23.1 Å². The molecule has 0 unspecified atom stereocenters. The Morgan fingerprint density at radius 3 is 2.56 bits per heavy atom. The fourth-order valence-corrected chi connectivity index (χ4v) is 4.64. The number of hydrogen-bond acceptors (Lipinski definition) is 8. The second-order valence-corrected chi connectivity index (χ2v) is 10.0. The van der Waals surface area contributed by atoms with Crippen LogP contribution in [0.1, 0.15) is 23.9 Å². The molecular weight excluding hydrogens is 535 g/mol. The van der Waals surface area contributed by atoms with Gasteiger partial charge in [-0.2, -0.15) is 0 Å². The molecule has 0 amide bonds. The zero-order valence-corrected chi connectivity index (χ0v) is 21.9. The summed E-state index contributed by atoms with van der Waals surface area (Å²) in [7, 11) is 0. The van der Waals surface area contributed by atoms with Crippen LogP contribution in [0.4, 0.5) is 24.8 Å². The van der Waals surface area contributed by atoms with Crippen LogP contribution in [0.3, 0.4) is 0 Å². The molecule has 0 saturated carbocycles. The SMILES string of the molecule is Cc1cnc(-c2ccnc(N3CC(C)(O)C3)n2)c(F)c1-n1c(C)cc(NCc2ncc(F)cc2F)c(Cl)c1=O. The maximum absolute atomic E-state index is 16.0. The summed E-state index contributed by atoms with van der Waals surface area (Å²) in [6.07, 6.45) is 3.78. The molecule has 39 heavy (non-hydrogen) atoms. The van der Waals surface area contributed by atoms with Gasteiger partial charge in [0.05, 0.1) is 54.2 Å². The van der Waals surface area contributed by atoms with Crippen molar-refractivity contribution in [1.82, 2.24) is 24.5 Å². The highest BCUT2D eigenvalue weighted by Gasteiger charge is 2.38. The van der Waals surface area contributed by atoms with Crippen LogP contribution in [-0.2, 0) is 6.54 Å². The minimum atomic E-state index is -0.849. The number of nitrogens with one attached hydrogen (secondary N) is 1. The molecule has 0 radical (unpaired) electrons. The number of halogens is 4. The average Bonchev–Trinajstić information content (AvgIpc) is 2.86. The van der Waals surface area contributed by atoms with Gasteiger partial charge in [0.2, 0.25) is 5.95 Å². The van der Waals surface area contributed by atoms with Crippen LogP contribution in [0.25, 0.3) is 17.1 Å². The van der Waals surface area contributed by atoms with Crippen LogP contribution in [0.5, 0.6) is 0 Å². The normalized spacial score (nSPS) is 14.3. The van der Waals surface area contributed by atoms with Crippen molar-refractivity contribution in [2.75, 3.05) is 23.3 Å². The summed E-state index contributed by atoms with van der Waals surface area (Å²) in [4.78, 5) is 31.6. The Morgan fingerprint density at radius 1 is 1.13 bits per heavy atom. The van der Waals surface area contributed by atoms with E-state index in [1.54, 1.807) is 25.7 Å². The largest absolute Gasteiger partial charge is 0.386 e. The Balaban J connectivity index is 1.50. The number of pyridine rings is 3. The smallest absolute Gasteiger partial charge is 0.276 e. The third-order valence-corrected chi connectivity index (χ3v) is 6.66. The Hall–Kier alpha value is -4.03. The predicted molar refractivity (Wildman–Crippen MR) is 140 cm³/mol. The van der Waals surface area contributed by atoms with Crippen molar-refractivity contribution < 1.29 is 18.3 Å². The van der Waals surface area contributed by atoms with E-state index in [4.69, 9.17) is 11.6 Å². The molecule has 9 nitrogen and oxygen atoms in total. The molecule has 0 aromatic carbocycles. The van der Waals surface area contributed by atoms with E-state index in [0.717, 1.165) is 10.8 Å². The van der Waals surface area contributed by atoms with Crippen molar-refractivity contribution in [3.63, 3.8) is 0 Å². The van der Waals surface area contributed by atoms with Gasteiger partial charge in [0, 0.05) is 24.2 Å². The molecule has 1 aliphatic heterocycles. The van der Waals surface area contributed by atoms with Crippen LogP contribution in [0.2, 0.25) is 5.02 Å². The number of rotatable bonds is 6. The van der Waals surface area contributed by atoms with Gasteiger partial charge < -0.3 is 15.3 Å². The molecule has 0 bridgehead atoms. The fourth-order valence-electron chi connectivity index (χ4n) is 4.44. The van der Waals surface area contributed by atoms with Crippen LogP contribution in [-0.4, -0.2) is 48.3 Å². The molecule has 202 valence electrons. The molecular formula is C26H23ClF3N7O2. The summed E-state index contributed by atoms with van der Waals surface area (Å²) < 4.78 is 44.3. The first-order valence-electron chi connectivity index (χ1n) is 11.9. The van der Waals surface area contributed by atoms with Gasteiger partial charge in [-0.1, -0.05) is 11.6 Å². The van der Waals surface area contributed by atoms with Crippen molar-refractivity contribution in [3.8, 4) is 17.1 Å². The number of β-amino-alcohol motifs (C(OH)–C–C–N with tert-alkyl or cyclic N) is 1. The summed E-state index contributed by atoms with van der Waals surface area (Å²) in [5, 5.41) is 12.6. The summed E-state index contributed by atoms with van der Waals surface area (Å²) in [5.74, 6) is -2.12. The third-order valence-electron chi connectivity index (χ3n) is 6.30. The molecule has 1 fully saturated rings. The van der Waals surface area contributed by atoms with Crippen LogP contribution in [0, 0.1) is 31.3 Å². The first-order chi connectivity index (χ1) is 18.4. The van der Waals surface area contributed by atoms with E-state index in [0.29, 0.717) is 36.4 Å². The molecule has 2 N–H and O–H groups in total. The Morgan fingerprint density at radius 2 is 1.87 bits per heavy atom. The van der Waals surface area contributed by atoms with Gasteiger partial charge >= 0.3 is 0 Å². The van der Waals surface area contributed by atoms with Crippen LogP contribution in [0.15, 0.2) is 41.6 Å². The monoisotopic (exact) mass is 557 g/mol. The first-order valence-corrected chi connectivity index (χ1v) is 12.2. The Bertz CT molecular complexity index is 1650. The van der Waals surface area contributed by atoms with E-state index in [1.807, 2.05) is 0 Å². The number of hydrogen-bond donors (Lipinski definition) is 2. The second kappa shape index (κ2) is 9.93.